The van der Waals surface area contributed by atoms with Gasteiger partial charge in [-0.25, -0.2) is 9.18 Å². The Morgan fingerprint density at radius 1 is 1.33 bits per heavy atom. The maximum atomic E-state index is 14.4. The molecule has 0 spiro atoms. The Bertz CT molecular complexity index is 782. The van der Waals surface area contributed by atoms with Crippen molar-refractivity contribution in [3.05, 3.63) is 48.5 Å². The van der Waals surface area contributed by atoms with Crippen LogP contribution in [0.15, 0.2) is 42.7 Å². The first-order valence-corrected chi connectivity index (χ1v) is 7.39. The van der Waals surface area contributed by atoms with E-state index in [1.54, 1.807) is 43.7 Å². The van der Waals surface area contributed by atoms with Crippen molar-refractivity contribution in [3.8, 4) is 11.1 Å². The van der Waals surface area contributed by atoms with Gasteiger partial charge in [0.15, 0.2) is 6.23 Å². The number of halogens is 1. The highest BCUT2D eigenvalue weighted by atomic mass is 19.1. The number of carbonyl (C=O) groups excluding carboxylic acids is 2. The van der Waals surface area contributed by atoms with Crippen LogP contribution in [0.25, 0.3) is 11.1 Å². The molecule has 1 aliphatic heterocycles. The molecule has 1 saturated heterocycles. The first-order valence-electron chi connectivity index (χ1n) is 7.39. The Morgan fingerprint density at radius 3 is 2.67 bits per heavy atom. The van der Waals surface area contributed by atoms with E-state index in [1.165, 1.54) is 22.8 Å². The largest absolute Gasteiger partial charge is 0.423 e. The van der Waals surface area contributed by atoms with E-state index in [9.17, 15) is 14.0 Å². The lowest BCUT2D eigenvalue weighted by Gasteiger charge is -2.20. The highest BCUT2D eigenvalue weighted by molar-refractivity contribution is 5.90. The summed E-state index contributed by atoms with van der Waals surface area (Å²) in [6, 6.07) is 7.96. The number of amides is 2. The molecule has 1 aromatic carbocycles. The Balaban J connectivity index is 1.85. The lowest BCUT2D eigenvalue weighted by molar-refractivity contribution is -0.134. The zero-order chi connectivity index (χ0) is 17.3. The molecule has 1 fully saturated rings. The zero-order valence-electron chi connectivity index (χ0n) is 13.3. The third-order valence-corrected chi connectivity index (χ3v) is 3.98. The van der Waals surface area contributed by atoms with Crippen LogP contribution in [0.4, 0.5) is 14.9 Å². The lowest BCUT2D eigenvalue weighted by Crippen LogP contribution is -2.38. The van der Waals surface area contributed by atoms with Crippen molar-refractivity contribution in [2.45, 2.75) is 13.2 Å². The zero-order valence-corrected chi connectivity index (χ0v) is 13.3. The van der Waals surface area contributed by atoms with Gasteiger partial charge in [0.2, 0.25) is 5.91 Å². The molecular formula is C17H16FN3O3. The van der Waals surface area contributed by atoms with E-state index in [0.29, 0.717) is 16.8 Å². The van der Waals surface area contributed by atoms with Crippen molar-refractivity contribution in [1.29, 1.82) is 0 Å². The highest BCUT2D eigenvalue weighted by Crippen LogP contribution is 2.29. The number of anilines is 1. The van der Waals surface area contributed by atoms with Crippen LogP contribution in [0.2, 0.25) is 0 Å². The van der Waals surface area contributed by atoms with Gasteiger partial charge in [-0.1, -0.05) is 0 Å². The van der Waals surface area contributed by atoms with E-state index in [4.69, 9.17) is 4.74 Å². The second-order valence-corrected chi connectivity index (χ2v) is 5.48. The van der Waals surface area contributed by atoms with E-state index in [2.05, 4.69) is 4.98 Å². The molecule has 0 radical (unpaired) electrons. The van der Waals surface area contributed by atoms with Crippen molar-refractivity contribution in [3.63, 3.8) is 0 Å². The lowest BCUT2D eigenvalue weighted by atomic mass is 10.1. The predicted octanol–water partition coefficient (Wildman–Crippen LogP) is 2.65. The number of hydrogen-bond donors (Lipinski definition) is 0. The molecule has 1 atom stereocenters. The molecule has 1 unspecified atom stereocenters. The van der Waals surface area contributed by atoms with Gasteiger partial charge in [0.1, 0.15) is 5.82 Å². The van der Waals surface area contributed by atoms with Gasteiger partial charge in [-0.2, -0.15) is 0 Å². The van der Waals surface area contributed by atoms with Crippen molar-refractivity contribution >= 4 is 17.7 Å². The summed E-state index contributed by atoms with van der Waals surface area (Å²) in [5.74, 6) is -0.663. The smallest absolute Gasteiger partial charge is 0.416 e. The third kappa shape index (κ3) is 2.92. The number of benzene rings is 1. The first kappa shape index (κ1) is 15.9. The monoisotopic (exact) mass is 329 g/mol. The molecular weight excluding hydrogens is 313 g/mol. The quantitative estimate of drug-likeness (QED) is 0.868. The second-order valence-electron chi connectivity index (χ2n) is 5.48. The summed E-state index contributed by atoms with van der Waals surface area (Å²) in [5, 5.41) is 0. The molecule has 2 aromatic rings. The summed E-state index contributed by atoms with van der Waals surface area (Å²) in [5.41, 5.74) is 1.51. The number of nitrogens with zero attached hydrogens (tertiary/aromatic N) is 3. The summed E-state index contributed by atoms with van der Waals surface area (Å²) < 4.78 is 19.6. The molecule has 124 valence electrons. The molecule has 0 N–H and O–H groups in total. The molecule has 24 heavy (non-hydrogen) atoms. The predicted molar refractivity (Wildman–Crippen MR) is 85.7 cm³/mol. The number of rotatable bonds is 3. The van der Waals surface area contributed by atoms with E-state index in [1.807, 2.05) is 0 Å². The van der Waals surface area contributed by atoms with Crippen molar-refractivity contribution < 1.29 is 18.7 Å². The fourth-order valence-electron chi connectivity index (χ4n) is 2.50. The van der Waals surface area contributed by atoms with Crippen molar-refractivity contribution in [2.75, 3.05) is 18.5 Å². The Kier molecular flexibility index (Phi) is 4.16. The number of pyridine rings is 1. The van der Waals surface area contributed by atoms with Crippen LogP contribution < -0.4 is 4.90 Å². The van der Waals surface area contributed by atoms with Crippen LogP contribution in [0, 0.1) is 5.82 Å². The molecule has 0 saturated carbocycles. The van der Waals surface area contributed by atoms with E-state index >= 15 is 0 Å². The van der Waals surface area contributed by atoms with Crippen molar-refractivity contribution in [1.82, 2.24) is 9.88 Å². The SMILES string of the molecule is CC(=O)N(C)C1CN(c2ccc(-c3ccncc3)c(F)c2)C(=O)O1. The average Bonchev–Trinajstić information content (AvgIpc) is 2.96. The molecule has 6 nitrogen and oxygen atoms in total. The number of hydrogen-bond acceptors (Lipinski definition) is 4. The first-order chi connectivity index (χ1) is 11.5. The van der Waals surface area contributed by atoms with Crippen LogP contribution in [0.3, 0.4) is 0 Å². The van der Waals surface area contributed by atoms with Crippen LogP contribution >= 0.6 is 0 Å². The fraction of sp³-hybridized carbons (Fsp3) is 0.235. The van der Waals surface area contributed by atoms with Gasteiger partial charge in [-0.3, -0.25) is 14.7 Å². The number of ether oxygens (including phenoxy) is 1. The number of aromatic nitrogens is 1. The Morgan fingerprint density at radius 2 is 2.04 bits per heavy atom. The van der Waals surface area contributed by atoms with E-state index in [-0.39, 0.29) is 12.5 Å². The third-order valence-electron chi connectivity index (χ3n) is 3.98. The minimum Gasteiger partial charge on any atom is -0.423 e. The summed E-state index contributed by atoms with van der Waals surface area (Å²) in [6.45, 7) is 1.54. The fourth-order valence-corrected chi connectivity index (χ4v) is 2.50. The van der Waals surface area contributed by atoms with Crippen LogP contribution in [0.5, 0.6) is 0 Å². The molecule has 3 rings (SSSR count). The maximum Gasteiger partial charge on any atom is 0.416 e. The number of carbonyl (C=O) groups is 2. The van der Waals surface area contributed by atoms with E-state index in [0.717, 1.165) is 0 Å². The standard InChI is InChI=1S/C17H16FN3O3/c1-11(22)20(2)16-10-21(17(23)24-16)13-3-4-14(15(18)9-13)12-5-7-19-8-6-12/h3-9,16H,10H2,1-2H3. The van der Waals surface area contributed by atoms with Gasteiger partial charge < -0.3 is 9.64 Å². The minimum absolute atomic E-state index is 0.156. The van der Waals surface area contributed by atoms with Crippen LogP contribution in [-0.2, 0) is 9.53 Å². The summed E-state index contributed by atoms with van der Waals surface area (Å²) in [6.07, 6.45) is 1.88. The van der Waals surface area contributed by atoms with Gasteiger partial charge in [0.05, 0.1) is 12.2 Å². The number of likely N-dealkylation sites (N-methyl/N-ethyl adjacent to an activating group) is 1. The van der Waals surface area contributed by atoms with Gasteiger partial charge >= 0.3 is 6.09 Å². The minimum atomic E-state index is -0.682. The maximum absolute atomic E-state index is 14.4. The topological polar surface area (TPSA) is 62.7 Å². The van der Waals surface area contributed by atoms with Crippen LogP contribution in [0.1, 0.15) is 6.92 Å². The molecule has 0 bridgehead atoms. The van der Waals surface area contributed by atoms with Crippen LogP contribution in [-0.4, -0.2) is 41.7 Å². The second kappa shape index (κ2) is 6.27. The Labute approximate surface area is 138 Å². The average molecular weight is 329 g/mol. The highest BCUT2D eigenvalue weighted by Gasteiger charge is 2.36. The molecule has 1 aliphatic rings. The summed E-state index contributed by atoms with van der Waals surface area (Å²) in [7, 11) is 1.55. The normalized spacial score (nSPS) is 16.9. The Hall–Kier alpha value is -2.96. The summed E-state index contributed by atoms with van der Waals surface area (Å²) in [4.78, 5) is 29.9. The summed E-state index contributed by atoms with van der Waals surface area (Å²) >= 11 is 0. The van der Waals surface area contributed by atoms with Gasteiger partial charge in [-0.05, 0) is 35.9 Å². The molecule has 2 heterocycles. The van der Waals surface area contributed by atoms with E-state index < -0.39 is 18.1 Å². The van der Waals surface area contributed by atoms with Crippen molar-refractivity contribution in [2.24, 2.45) is 0 Å². The molecule has 2 amide bonds. The molecule has 7 heteroatoms. The van der Waals surface area contributed by atoms with Gasteiger partial charge in [0.25, 0.3) is 0 Å². The molecule has 1 aromatic heterocycles. The molecule has 0 aliphatic carbocycles. The van der Waals surface area contributed by atoms with Gasteiger partial charge in [0, 0.05) is 31.9 Å². The van der Waals surface area contributed by atoms with Gasteiger partial charge in [-0.15, -0.1) is 0 Å². The number of cyclic esters (lactones) is 1.